The largest absolute Gasteiger partial charge is 0.547 e. The van der Waals surface area contributed by atoms with Crippen LogP contribution >= 0.6 is 0 Å². The number of carboxylic acids is 1. The van der Waals surface area contributed by atoms with Crippen molar-refractivity contribution in [1.29, 1.82) is 5.26 Å². The zero-order chi connectivity index (χ0) is 21.6. The molecule has 1 aliphatic rings. The van der Waals surface area contributed by atoms with Gasteiger partial charge in [-0.1, -0.05) is 32.9 Å². The number of rotatable bonds is 7. The lowest BCUT2D eigenvalue weighted by atomic mass is 9.88. The third kappa shape index (κ3) is 6.40. The van der Waals surface area contributed by atoms with E-state index in [4.69, 9.17) is 10.00 Å². The standard InChI is InChI=1S/C22H28N2O5/c1-22(2,3)20(21(27)28)29-17-10-12-24(13-11-17)19(26)9-8-18(25)16-6-4-15(14-23)5-7-16/h4-7,17,20H,8-13H2,1-3H3,(H,27,28)/p-1. The van der Waals surface area contributed by atoms with Gasteiger partial charge in [-0.25, -0.2) is 0 Å². The minimum absolute atomic E-state index is 0.0993. The maximum Gasteiger partial charge on any atom is 0.223 e. The molecule has 7 heteroatoms. The molecule has 156 valence electrons. The Hall–Kier alpha value is -2.72. The van der Waals surface area contributed by atoms with Crippen molar-refractivity contribution in [3.8, 4) is 6.07 Å². The van der Waals surface area contributed by atoms with Crippen LogP contribution in [0.1, 0.15) is 62.4 Å². The molecule has 2 rings (SSSR count). The first-order valence-corrected chi connectivity index (χ1v) is 9.79. The second kappa shape index (κ2) is 9.66. The zero-order valence-electron chi connectivity index (χ0n) is 17.1. The van der Waals surface area contributed by atoms with Gasteiger partial charge in [0.15, 0.2) is 5.78 Å². The van der Waals surface area contributed by atoms with Gasteiger partial charge < -0.3 is 19.5 Å². The monoisotopic (exact) mass is 399 g/mol. The van der Waals surface area contributed by atoms with Crippen LogP contribution in [0.25, 0.3) is 0 Å². The number of benzene rings is 1. The van der Waals surface area contributed by atoms with Gasteiger partial charge in [0, 0.05) is 31.5 Å². The Morgan fingerprint density at radius 3 is 2.24 bits per heavy atom. The van der Waals surface area contributed by atoms with Gasteiger partial charge >= 0.3 is 0 Å². The van der Waals surface area contributed by atoms with Crippen molar-refractivity contribution in [1.82, 2.24) is 4.90 Å². The Balaban J connectivity index is 1.80. The summed E-state index contributed by atoms with van der Waals surface area (Å²) in [5.41, 5.74) is 0.395. The van der Waals surface area contributed by atoms with E-state index in [9.17, 15) is 19.5 Å². The lowest BCUT2D eigenvalue weighted by Crippen LogP contribution is -2.49. The van der Waals surface area contributed by atoms with E-state index in [1.165, 1.54) is 0 Å². The number of ketones is 1. The summed E-state index contributed by atoms with van der Waals surface area (Å²) in [4.78, 5) is 37.7. The highest BCUT2D eigenvalue weighted by molar-refractivity contribution is 5.98. The minimum Gasteiger partial charge on any atom is -0.547 e. The van der Waals surface area contributed by atoms with Gasteiger partial charge in [-0.2, -0.15) is 5.26 Å². The first kappa shape index (κ1) is 22.6. The summed E-state index contributed by atoms with van der Waals surface area (Å²) < 4.78 is 5.74. The Morgan fingerprint density at radius 2 is 1.76 bits per heavy atom. The third-order valence-corrected chi connectivity index (χ3v) is 5.03. The van der Waals surface area contributed by atoms with Crippen LogP contribution in [-0.4, -0.2) is 47.9 Å². The van der Waals surface area contributed by atoms with Crippen molar-refractivity contribution in [2.24, 2.45) is 5.41 Å². The van der Waals surface area contributed by atoms with Crippen molar-refractivity contribution in [3.05, 3.63) is 35.4 Å². The van der Waals surface area contributed by atoms with E-state index < -0.39 is 17.5 Å². The van der Waals surface area contributed by atoms with Crippen molar-refractivity contribution in [3.63, 3.8) is 0 Å². The highest BCUT2D eigenvalue weighted by atomic mass is 16.5. The number of carboxylic acid groups (broad SMARTS) is 1. The SMILES string of the molecule is CC(C)(C)C(OC1CCN(C(=O)CCC(=O)c2ccc(C#N)cc2)CC1)C(=O)[O-]. The van der Waals surface area contributed by atoms with Gasteiger partial charge in [-0.3, -0.25) is 9.59 Å². The number of ether oxygens (including phenoxy) is 1. The Morgan fingerprint density at radius 1 is 1.17 bits per heavy atom. The van der Waals surface area contributed by atoms with Crippen molar-refractivity contribution in [2.75, 3.05) is 13.1 Å². The van der Waals surface area contributed by atoms with Gasteiger partial charge in [0.2, 0.25) is 5.91 Å². The lowest BCUT2D eigenvalue weighted by molar-refractivity contribution is -0.323. The number of carbonyl (C=O) groups excluding carboxylic acids is 3. The van der Waals surface area contributed by atoms with Crippen molar-refractivity contribution in [2.45, 2.75) is 58.7 Å². The number of carbonyl (C=O) groups is 3. The van der Waals surface area contributed by atoms with Crippen molar-refractivity contribution < 1.29 is 24.2 Å². The molecule has 0 N–H and O–H groups in total. The van der Waals surface area contributed by atoms with Crippen LogP contribution < -0.4 is 5.11 Å². The number of likely N-dealkylation sites (tertiary alicyclic amines) is 1. The number of hydrogen-bond acceptors (Lipinski definition) is 6. The molecule has 0 saturated carbocycles. The highest BCUT2D eigenvalue weighted by Crippen LogP contribution is 2.26. The number of piperidine rings is 1. The molecule has 0 spiro atoms. The second-order valence-electron chi connectivity index (χ2n) is 8.39. The van der Waals surface area contributed by atoms with Crippen LogP contribution in [0.4, 0.5) is 0 Å². The number of nitriles is 1. The normalized spacial score (nSPS) is 16.1. The van der Waals surface area contributed by atoms with Gasteiger partial charge in [0.25, 0.3) is 0 Å². The van der Waals surface area contributed by atoms with Gasteiger partial charge in [-0.15, -0.1) is 0 Å². The molecule has 0 aliphatic carbocycles. The van der Waals surface area contributed by atoms with Crippen LogP contribution in [0.3, 0.4) is 0 Å². The van der Waals surface area contributed by atoms with Gasteiger partial charge in [-0.05, 0) is 30.4 Å². The van der Waals surface area contributed by atoms with E-state index in [1.807, 2.05) is 6.07 Å². The molecule has 7 nitrogen and oxygen atoms in total. The average molecular weight is 399 g/mol. The third-order valence-electron chi connectivity index (χ3n) is 5.03. The first-order chi connectivity index (χ1) is 13.6. The molecule has 1 fully saturated rings. The topological polar surface area (TPSA) is 111 Å². The quantitative estimate of drug-likeness (QED) is 0.645. The van der Waals surface area contributed by atoms with Crippen LogP contribution in [0.2, 0.25) is 0 Å². The van der Waals surface area contributed by atoms with Crippen LogP contribution in [0, 0.1) is 16.7 Å². The fourth-order valence-corrected chi connectivity index (χ4v) is 3.30. The summed E-state index contributed by atoms with van der Waals surface area (Å²) in [6, 6.07) is 8.35. The molecular formula is C22H27N2O5-. The molecule has 0 bridgehead atoms. The molecule has 1 amide bonds. The summed E-state index contributed by atoms with van der Waals surface area (Å²) in [6.07, 6.45) is 0.0947. The number of aliphatic carboxylic acids is 1. The van der Waals surface area contributed by atoms with E-state index >= 15 is 0 Å². The van der Waals surface area contributed by atoms with Crippen LogP contribution in [-0.2, 0) is 14.3 Å². The molecule has 1 heterocycles. The van der Waals surface area contributed by atoms with E-state index in [2.05, 4.69) is 0 Å². The molecular weight excluding hydrogens is 372 g/mol. The molecule has 0 radical (unpaired) electrons. The maximum atomic E-state index is 12.4. The Bertz CT molecular complexity index is 781. The van der Waals surface area contributed by atoms with E-state index in [-0.39, 0.29) is 30.6 Å². The van der Waals surface area contributed by atoms with Crippen LogP contribution in [0.15, 0.2) is 24.3 Å². The van der Waals surface area contributed by atoms with Gasteiger partial charge in [0.1, 0.15) is 6.10 Å². The molecule has 1 unspecified atom stereocenters. The summed E-state index contributed by atoms with van der Waals surface area (Å²) in [5, 5.41) is 20.1. The number of amides is 1. The first-order valence-electron chi connectivity index (χ1n) is 9.79. The minimum atomic E-state index is -1.22. The molecule has 1 aromatic rings. The molecule has 1 atom stereocenters. The van der Waals surface area contributed by atoms with E-state index in [1.54, 1.807) is 49.9 Å². The van der Waals surface area contributed by atoms with Crippen molar-refractivity contribution >= 4 is 17.7 Å². The molecule has 0 aromatic heterocycles. The fourth-order valence-electron chi connectivity index (χ4n) is 3.30. The number of nitrogens with zero attached hydrogens (tertiary/aromatic N) is 2. The number of Topliss-reactive ketones (excluding diaryl/α,β-unsaturated/α-hetero) is 1. The molecule has 1 saturated heterocycles. The summed E-state index contributed by atoms with van der Waals surface area (Å²) >= 11 is 0. The number of hydrogen-bond donors (Lipinski definition) is 0. The average Bonchev–Trinajstić information content (AvgIpc) is 2.69. The van der Waals surface area contributed by atoms with Gasteiger partial charge in [0.05, 0.1) is 23.7 Å². The molecule has 1 aromatic carbocycles. The summed E-state index contributed by atoms with van der Waals surface area (Å²) in [5.74, 6) is -1.46. The summed E-state index contributed by atoms with van der Waals surface area (Å²) in [7, 11) is 0. The predicted molar refractivity (Wildman–Crippen MR) is 104 cm³/mol. The smallest absolute Gasteiger partial charge is 0.223 e. The molecule has 1 aliphatic heterocycles. The lowest BCUT2D eigenvalue weighted by Gasteiger charge is -2.38. The molecule has 29 heavy (non-hydrogen) atoms. The fraction of sp³-hybridized carbons (Fsp3) is 0.545. The Kier molecular flexibility index (Phi) is 7.52. The highest BCUT2D eigenvalue weighted by Gasteiger charge is 2.31. The second-order valence-corrected chi connectivity index (χ2v) is 8.39. The maximum absolute atomic E-state index is 12.4. The van der Waals surface area contributed by atoms with Crippen LogP contribution in [0.5, 0.6) is 0 Å². The van der Waals surface area contributed by atoms with E-state index in [0.717, 1.165) is 0 Å². The predicted octanol–water partition coefficient (Wildman–Crippen LogP) is 1.69. The Labute approximate surface area is 171 Å². The summed E-state index contributed by atoms with van der Waals surface area (Å²) in [6.45, 7) is 6.31. The van der Waals surface area contributed by atoms with E-state index in [0.29, 0.717) is 37.1 Å². The zero-order valence-corrected chi connectivity index (χ0v) is 17.1.